The van der Waals surface area contributed by atoms with Gasteiger partial charge in [-0.15, -0.1) is 0 Å². The van der Waals surface area contributed by atoms with Gasteiger partial charge in [-0.25, -0.2) is 0 Å². The van der Waals surface area contributed by atoms with E-state index in [2.05, 4.69) is 10.3 Å². The first-order valence-electron chi connectivity index (χ1n) is 10.1. The Balaban J connectivity index is 1.72. The van der Waals surface area contributed by atoms with E-state index in [0.717, 1.165) is 22.6 Å². The smallest absolute Gasteiger partial charge is 0.234 e. The lowest BCUT2D eigenvalue weighted by atomic mass is 10.2. The molecule has 8 heteroatoms. The third-order valence-corrected chi connectivity index (χ3v) is 4.65. The largest absolute Gasteiger partial charge is 0.497 e. The van der Waals surface area contributed by atoms with Crippen LogP contribution in [0.15, 0.2) is 60.8 Å². The van der Waals surface area contributed by atoms with Crippen LogP contribution in [0.25, 0.3) is 0 Å². The van der Waals surface area contributed by atoms with Crippen molar-refractivity contribution in [2.45, 2.75) is 19.8 Å². The summed E-state index contributed by atoms with van der Waals surface area (Å²) in [7, 11) is 3.25. The molecule has 0 aliphatic heterocycles. The number of aromatic nitrogens is 1. The van der Waals surface area contributed by atoms with E-state index in [1.807, 2.05) is 48.5 Å². The summed E-state index contributed by atoms with van der Waals surface area (Å²) in [6.45, 7) is 0.840. The van der Waals surface area contributed by atoms with Gasteiger partial charge in [0.1, 0.15) is 24.7 Å². The molecule has 0 aliphatic carbocycles. The minimum Gasteiger partial charge on any atom is -0.497 e. The zero-order chi connectivity index (χ0) is 22.8. The minimum absolute atomic E-state index is 0.0795. The van der Waals surface area contributed by atoms with Crippen molar-refractivity contribution in [2.24, 2.45) is 5.73 Å². The van der Waals surface area contributed by atoms with Gasteiger partial charge in [0.2, 0.25) is 5.91 Å². The Morgan fingerprint density at radius 2 is 1.41 bits per heavy atom. The second kappa shape index (κ2) is 11.6. The molecule has 32 heavy (non-hydrogen) atoms. The Hall–Kier alpha value is -3.78. The molecule has 1 heterocycles. The normalized spacial score (nSPS) is 10.3. The zero-order valence-electron chi connectivity index (χ0n) is 18.2. The zero-order valence-corrected chi connectivity index (χ0v) is 18.2. The molecule has 3 N–H and O–H groups in total. The maximum absolute atomic E-state index is 11.5. The second-order valence-corrected chi connectivity index (χ2v) is 6.88. The molecule has 0 saturated carbocycles. The summed E-state index contributed by atoms with van der Waals surface area (Å²) in [5, 5.41) is 2.70. The Morgan fingerprint density at radius 3 is 1.91 bits per heavy atom. The van der Waals surface area contributed by atoms with Gasteiger partial charge in [0, 0.05) is 6.07 Å². The number of nitrogens with zero attached hydrogens (tertiary/aromatic N) is 1. The number of hydrogen-bond donors (Lipinski definition) is 2. The summed E-state index contributed by atoms with van der Waals surface area (Å²) in [6.07, 6.45) is 1.59. The lowest BCUT2D eigenvalue weighted by Crippen LogP contribution is -2.29. The van der Waals surface area contributed by atoms with E-state index in [1.165, 1.54) is 0 Å². The molecule has 2 aromatic carbocycles. The average Bonchev–Trinajstić information content (AvgIpc) is 2.85. The number of nitrogens with two attached hydrogens (primary N) is 1. The fourth-order valence-electron chi connectivity index (χ4n) is 2.81. The molecule has 3 aromatic rings. The number of amides is 1. The predicted octanol–water partition coefficient (Wildman–Crippen LogP) is 2.83. The first-order valence-corrected chi connectivity index (χ1v) is 10.1. The molecule has 0 atom stereocenters. The highest BCUT2D eigenvalue weighted by molar-refractivity contribution is 5.77. The molecular formula is C24H27N3O5. The Bertz CT molecular complexity index is 1010. The molecule has 0 aliphatic rings. The predicted molar refractivity (Wildman–Crippen MR) is 120 cm³/mol. The van der Waals surface area contributed by atoms with E-state index in [1.54, 1.807) is 26.5 Å². The summed E-state index contributed by atoms with van der Waals surface area (Å²) in [5.74, 6) is 2.33. The van der Waals surface area contributed by atoms with Crippen LogP contribution in [-0.4, -0.2) is 31.7 Å². The van der Waals surface area contributed by atoms with Gasteiger partial charge in [0.25, 0.3) is 0 Å². The van der Waals surface area contributed by atoms with E-state index in [9.17, 15) is 4.79 Å². The van der Waals surface area contributed by atoms with Crippen LogP contribution in [0, 0.1) is 0 Å². The van der Waals surface area contributed by atoms with Crippen LogP contribution >= 0.6 is 0 Å². The molecule has 3 rings (SSSR count). The molecular weight excluding hydrogens is 410 g/mol. The van der Waals surface area contributed by atoms with E-state index in [0.29, 0.717) is 30.4 Å². The van der Waals surface area contributed by atoms with E-state index in [4.69, 9.17) is 24.7 Å². The molecule has 0 saturated heterocycles. The number of pyridine rings is 1. The van der Waals surface area contributed by atoms with Gasteiger partial charge in [-0.05, 0) is 35.4 Å². The molecule has 168 valence electrons. The molecule has 0 bridgehead atoms. The van der Waals surface area contributed by atoms with E-state index < -0.39 is 0 Å². The van der Waals surface area contributed by atoms with E-state index >= 15 is 0 Å². The monoisotopic (exact) mass is 437 g/mol. The lowest BCUT2D eigenvalue weighted by Gasteiger charge is -2.14. The Labute approximate surface area is 187 Å². The van der Waals surface area contributed by atoms with Gasteiger partial charge < -0.3 is 30.0 Å². The summed E-state index contributed by atoms with van der Waals surface area (Å²) in [6, 6.07) is 17.0. The third kappa shape index (κ3) is 6.61. The van der Waals surface area contributed by atoms with Gasteiger partial charge >= 0.3 is 0 Å². The quantitative estimate of drug-likeness (QED) is 0.475. The standard InChI is InChI=1S/C24H27N3O5/c1-29-20-7-3-17(4-8-20)15-31-22-11-19(13-27-24(28)12-25)26-14-23(22)32-16-18-5-9-21(30-2)10-6-18/h3-11,14H,12-13,15-16,25H2,1-2H3,(H,27,28). The summed E-state index contributed by atoms with van der Waals surface area (Å²) in [4.78, 5) is 15.8. The lowest BCUT2D eigenvalue weighted by molar-refractivity contribution is -0.119. The van der Waals surface area contributed by atoms with Crippen molar-refractivity contribution < 1.29 is 23.7 Å². The fourth-order valence-corrected chi connectivity index (χ4v) is 2.81. The molecule has 1 amide bonds. The number of ether oxygens (including phenoxy) is 4. The number of hydrogen-bond acceptors (Lipinski definition) is 7. The number of carbonyl (C=O) groups is 1. The number of methoxy groups -OCH3 is 2. The maximum Gasteiger partial charge on any atom is 0.234 e. The summed E-state index contributed by atoms with van der Waals surface area (Å²) >= 11 is 0. The van der Waals surface area contributed by atoms with Crippen LogP contribution in [-0.2, 0) is 24.6 Å². The van der Waals surface area contributed by atoms with Gasteiger partial charge in [-0.3, -0.25) is 9.78 Å². The van der Waals surface area contributed by atoms with Crippen molar-refractivity contribution >= 4 is 5.91 Å². The maximum atomic E-state index is 11.5. The Morgan fingerprint density at radius 1 is 0.875 bits per heavy atom. The highest BCUT2D eigenvalue weighted by Crippen LogP contribution is 2.29. The van der Waals surface area contributed by atoms with Crippen molar-refractivity contribution in [2.75, 3.05) is 20.8 Å². The first kappa shape index (κ1) is 22.9. The van der Waals surface area contributed by atoms with Crippen LogP contribution in [0.4, 0.5) is 0 Å². The SMILES string of the molecule is COc1ccc(COc2cnc(CNC(=O)CN)cc2OCc2ccc(OC)cc2)cc1. The van der Waals surface area contributed by atoms with Gasteiger partial charge in [-0.1, -0.05) is 24.3 Å². The summed E-state index contributed by atoms with van der Waals surface area (Å²) in [5.41, 5.74) is 7.93. The number of benzene rings is 2. The van der Waals surface area contributed by atoms with Crippen LogP contribution < -0.4 is 30.0 Å². The molecule has 0 unspecified atom stereocenters. The fraction of sp³-hybridized carbons (Fsp3) is 0.250. The second-order valence-electron chi connectivity index (χ2n) is 6.88. The van der Waals surface area contributed by atoms with Crippen LogP contribution in [0.2, 0.25) is 0 Å². The number of rotatable bonds is 11. The first-order chi connectivity index (χ1) is 15.6. The number of carbonyl (C=O) groups excluding carboxylic acids is 1. The van der Waals surface area contributed by atoms with Gasteiger partial charge in [0.15, 0.2) is 11.5 Å². The molecule has 0 fully saturated rings. The van der Waals surface area contributed by atoms with Crippen molar-refractivity contribution in [3.8, 4) is 23.0 Å². The topological polar surface area (TPSA) is 105 Å². The summed E-state index contributed by atoms with van der Waals surface area (Å²) < 4.78 is 22.4. The molecule has 0 radical (unpaired) electrons. The third-order valence-electron chi connectivity index (χ3n) is 4.65. The van der Waals surface area contributed by atoms with E-state index in [-0.39, 0.29) is 19.0 Å². The van der Waals surface area contributed by atoms with Crippen LogP contribution in [0.3, 0.4) is 0 Å². The molecule has 8 nitrogen and oxygen atoms in total. The Kier molecular flexibility index (Phi) is 8.28. The molecule has 1 aromatic heterocycles. The van der Waals surface area contributed by atoms with Crippen molar-refractivity contribution in [1.82, 2.24) is 10.3 Å². The van der Waals surface area contributed by atoms with Crippen LogP contribution in [0.1, 0.15) is 16.8 Å². The molecule has 0 spiro atoms. The highest BCUT2D eigenvalue weighted by atomic mass is 16.5. The average molecular weight is 437 g/mol. The minimum atomic E-state index is -0.257. The van der Waals surface area contributed by atoms with Crippen molar-refractivity contribution in [3.05, 3.63) is 77.6 Å². The van der Waals surface area contributed by atoms with Crippen molar-refractivity contribution in [3.63, 3.8) is 0 Å². The highest BCUT2D eigenvalue weighted by Gasteiger charge is 2.11. The van der Waals surface area contributed by atoms with Crippen LogP contribution in [0.5, 0.6) is 23.0 Å². The van der Waals surface area contributed by atoms with Gasteiger partial charge in [-0.2, -0.15) is 0 Å². The van der Waals surface area contributed by atoms with Crippen molar-refractivity contribution in [1.29, 1.82) is 0 Å². The van der Waals surface area contributed by atoms with Gasteiger partial charge in [0.05, 0.1) is 39.2 Å². The number of nitrogens with one attached hydrogen (secondary N) is 1.